The molecule has 0 saturated carbocycles. The van der Waals surface area contributed by atoms with Crippen molar-refractivity contribution in [2.75, 3.05) is 20.2 Å². The normalized spacial score (nSPS) is 11.7. The van der Waals surface area contributed by atoms with Crippen LogP contribution in [0.2, 0.25) is 0 Å². The van der Waals surface area contributed by atoms with Crippen molar-refractivity contribution in [2.45, 2.75) is 39.3 Å². The van der Waals surface area contributed by atoms with Crippen LogP contribution in [0.4, 0.5) is 0 Å². The van der Waals surface area contributed by atoms with Crippen LogP contribution in [0, 0.1) is 6.92 Å². The van der Waals surface area contributed by atoms with Crippen LogP contribution in [-0.2, 0) is 6.54 Å². The molecule has 2 aromatic heterocycles. The number of fused-ring (bicyclic) bond motifs is 1. The molecule has 10 heteroatoms. The summed E-state index contributed by atoms with van der Waals surface area (Å²) in [5, 5.41) is 4.31. The van der Waals surface area contributed by atoms with E-state index in [9.17, 15) is 9.59 Å². The number of hydrogen-bond acceptors (Lipinski definition) is 7. The summed E-state index contributed by atoms with van der Waals surface area (Å²) in [5.74, 6) is 0.942. The highest BCUT2D eigenvalue weighted by Gasteiger charge is 2.30. The SMILES string of the molecule is CCC(c1nc2onc(C)c2c(=O)n1Cc1ccccc1)N(CCCN)C(=O)c1ccc(OC)cc1.[Cl-].[H+]. The van der Waals surface area contributed by atoms with Gasteiger partial charge in [-0.3, -0.25) is 14.2 Å². The van der Waals surface area contributed by atoms with Crippen molar-refractivity contribution in [2.24, 2.45) is 5.73 Å². The quantitative estimate of drug-likeness (QED) is 0.325. The number of nitrogens with zero attached hydrogens (tertiary/aromatic N) is 4. The van der Waals surface area contributed by atoms with E-state index in [1.54, 1.807) is 47.8 Å². The molecule has 0 aliphatic rings. The van der Waals surface area contributed by atoms with Gasteiger partial charge in [-0.1, -0.05) is 42.4 Å². The number of nitrogens with two attached hydrogens (primary N) is 1. The van der Waals surface area contributed by atoms with E-state index >= 15 is 0 Å². The Kier molecular flexibility index (Phi) is 9.43. The monoisotopic (exact) mass is 525 g/mol. The van der Waals surface area contributed by atoms with Gasteiger partial charge in [0.1, 0.15) is 17.0 Å². The zero-order chi connectivity index (χ0) is 25.7. The number of aryl methyl sites for hydroxylation is 1. The van der Waals surface area contributed by atoms with Crippen molar-refractivity contribution in [3.63, 3.8) is 0 Å². The van der Waals surface area contributed by atoms with Gasteiger partial charge < -0.3 is 32.3 Å². The third-order valence-corrected chi connectivity index (χ3v) is 6.24. The molecule has 37 heavy (non-hydrogen) atoms. The van der Waals surface area contributed by atoms with Crippen LogP contribution in [0.15, 0.2) is 63.9 Å². The molecule has 0 bridgehead atoms. The van der Waals surface area contributed by atoms with E-state index in [0.717, 1.165) is 5.56 Å². The van der Waals surface area contributed by atoms with Gasteiger partial charge in [-0.2, -0.15) is 4.98 Å². The molecular weight excluding hydrogens is 494 g/mol. The van der Waals surface area contributed by atoms with Crippen molar-refractivity contribution >= 4 is 17.0 Å². The minimum atomic E-state index is -0.489. The smallest absolute Gasteiger partial charge is 1.00 e. The van der Waals surface area contributed by atoms with Crippen molar-refractivity contribution in [3.8, 4) is 5.75 Å². The first-order valence-electron chi connectivity index (χ1n) is 12.0. The Morgan fingerprint density at radius 1 is 1.19 bits per heavy atom. The summed E-state index contributed by atoms with van der Waals surface area (Å²) < 4.78 is 12.3. The number of hydrogen-bond donors (Lipinski definition) is 1. The Hall–Kier alpha value is -3.69. The van der Waals surface area contributed by atoms with Crippen LogP contribution in [0.3, 0.4) is 0 Å². The lowest BCUT2D eigenvalue weighted by Gasteiger charge is -2.32. The molecule has 1 unspecified atom stereocenters. The molecule has 0 spiro atoms. The van der Waals surface area contributed by atoms with Crippen molar-refractivity contribution in [1.29, 1.82) is 0 Å². The average Bonchev–Trinajstić information content (AvgIpc) is 3.29. The first kappa shape index (κ1) is 27.9. The largest absolute Gasteiger partial charge is 1.00 e. The molecule has 0 aliphatic carbocycles. The molecule has 0 aliphatic heterocycles. The number of amides is 1. The first-order valence-corrected chi connectivity index (χ1v) is 12.0. The van der Waals surface area contributed by atoms with Crippen LogP contribution in [0.1, 0.15) is 54.7 Å². The number of ether oxygens (including phenoxy) is 1. The standard InChI is InChI=1S/C27H31N5O4.ClH/c1-4-22(31(16-8-15-28)26(33)20-11-13-21(35-3)14-12-20)24-29-25-23(18(2)30-36-25)27(34)32(24)17-19-9-6-5-7-10-19;/h5-7,9-14,22H,4,8,15-17,28H2,1-3H3;1H. The molecule has 196 valence electrons. The zero-order valence-corrected chi connectivity index (χ0v) is 21.9. The third kappa shape index (κ3) is 5.84. The van der Waals surface area contributed by atoms with Gasteiger partial charge in [-0.05, 0) is 56.1 Å². The number of aromatic nitrogens is 3. The van der Waals surface area contributed by atoms with Gasteiger partial charge in [-0.15, -0.1) is 0 Å². The molecule has 0 radical (unpaired) electrons. The second kappa shape index (κ2) is 12.5. The summed E-state index contributed by atoms with van der Waals surface area (Å²) in [7, 11) is 1.58. The Morgan fingerprint density at radius 2 is 1.89 bits per heavy atom. The topological polar surface area (TPSA) is 116 Å². The second-order valence-corrected chi connectivity index (χ2v) is 8.59. The van der Waals surface area contributed by atoms with Gasteiger partial charge in [0.15, 0.2) is 0 Å². The molecule has 0 fully saturated rings. The lowest BCUT2D eigenvalue weighted by atomic mass is 10.1. The predicted octanol–water partition coefficient (Wildman–Crippen LogP) is 0.809. The average molecular weight is 526 g/mol. The van der Waals surface area contributed by atoms with E-state index in [2.05, 4.69) is 5.16 Å². The number of carbonyl (C=O) groups is 1. The van der Waals surface area contributed by atoms with E-state index < -0.39 is 6.04 Å². The molecule has 1 amide bonds. The summed E-state index contributed by atoms with van der Waals surface area (Å²) in [4.78, 5) is 33.9. The molecule has 4 rings (SSSR count). The second-order valence-electron chi connectivity index (χ2n) is 8.59. The molecule has 0 saturated heterocycles. The summed E-state index contributed by atoms with van der Waals surface area (Å²) in [6, 6.07) is 16.2. The Labute approximate surface area is 223 Å². The van der Waals surface area contributed by atoms with E-state index in [1.165, 1.54) is 0 Å². The maximum absolute atomic E-state index is 13.7. The maximum Gasteiger partial charge on any atom is 1.00 e. The zero-order valence-electron chi connectivity index (χ0n) is 22.2. The van der Waals surface area contributed by atoms with Crippen molar-refractivity contribution < 1.29 is 27.9 Å². The minimum absolute atomic E-state index is 0. The molecule has 2 heterocycles. The van der Waals surface area contributed by atoms with Gasteiger partial charge in [0.25, 0.3) is 17.2 Å². The molecule has 1 atom stereocenters. The van der Waals surface area contributed by atoms with Crippen LogP contribution >= 0.6 is 0 Å². The van der Waals surface area contributed by atoms with Crippen molar-refractivity contribution in [1.82, 2.24) is 19.6 Å². The van der Waals surface area contributed by atoms with Crippen LogP contribution in [0.5, 0.6) is 5.75 Å². The minimum Gasteiger partial charge on any atom is -1.00 e. The molecular formula is C27H32ClN5O4. The highest BCUT2D eigenvalue weighted by molar-refractivity contribution is 5.94. The number of halogens is 1. The third-order valence-electron chi connectivity index (χ3n) is 6.24. The van der Waals surface area contributed by atoms with E-state index in [4.69, 9.17) is 20.0 Å². The van der Waals surface area contributed by atoms with E-state index in [-0.39, 0.29) is 31.0 Å². The lowest BCUT2D eigenvalue weighted by molar-refractivity contribution is -0.0000191. The molecule has 2 aromatic carbocycles. The highest BCUT2D eigenvalue weighted by Crippen LogP contribution is 2.27. The molecule has 9 nitrogen and oxygen atoms in total. The fraction of sp³-hybridized carbons (Fsp3) is 0.333. The summed E-state index contributed by atoms with van der Waals surface area (Å²) >= 11 is 0. The Bertz CT molecular complexity index is 1390. The number of rotatable bonds is 10. The fourth-order valence-electron chi connectivity index (χ4n) is 4.36. The molecule has 2 N–H and O–H groups in total. The number of carbonyl (C=O) groups excluding carboxylic acids is 1. The number of methoxy groups -OCH3 is 1. The fourth-order valence-corrected chi connectivity index (χ4v) is 4.36. The lowest BCUT2D eigenvalue weighted by Crippen LogP contribution is -3.00. The van der Waals surface area contributed by atoms with E-state index in [0.29, 0.717) is 60.7 Å². The molecule has 4 aromatic rings. The van der Waals surface area contributed by atoms with Gasteiger partial charge in [-0.25, -0.2) is 0 Å². The van der Waals surface area contributed by atoms with Crippen LogP contribution < -0.4 is 28.4 Å². The predicted molar refractivity (Wildman–Crippen MR) is 138 cm³/mol. The van der Waals surface area contributed by atoms with Crippen molar-refractivity contribution in [3.05, 3.63) is 87.6 Å². The van der Waals surface area contributed by atoms with Gasteiger partial charge in [0.05, 0.1) is 25.4 Å². The number of benzene rings is 2. The van der Waals surface area contributed by atoms with E-state index in [1.807, 2.05) is 37.3 Å². The first-order chi connectivity index (χ1) is 17.5. The van der Waals surface area contributed by atoms with Gasteiger partial charge in [0.2, 0.25) is 0 Å². The van der Waals surface area contributed by atoms with Crippen LogP contribution in [0.25, 0.3) is 11.1 Å². The summed E-state index contributed by atoms with van der Waals surface area (Å²) in [5.41, 5.74) is 7.69. The van der Waals surface area contributed by atoms with Gasteiger partial charge >= 0.3 is 1.43 Å². The summed E-state index contributed by atoms with van der Waals surface area (Å²) in [6.45, 7) is 4.83. The summed E-state index contributed by atoms with van der Waals surface area (Å²) in [6.07, 6.45) is 1.14. The highest BCUT2D eigenvalue weighted by atomic mass is 35.5. The Morgan fingerprint density at radius 3 is 2.51 bits per heavy atom. The maximum atomic E-state index is 13.7. The Balaban J connectivity index is 0.00000253. The van der Waals surface area contributed by atoms with Crippen LogP contribution in [-0.4, -0.2) is 45.7 Å². The van der Waals surface area contributed by atoms with Gasteiger partial charge in [0, 0.05) is 12.1 Å².